The van der Waals surface area contributed by atoms with Gasteiger partial charge >= 0.3 is 12.1 Å². The van der Waals surface area contributed by atoms with Crippen LogP contribution in [-0.4, -0.2) is 47.2 Å². The summed E-state index contributed by atoms with van der Waals surface area (Å²) in [7, 11) is 0. The number of carbonyl (C=O) groups excluding carboxylic acids is 3. The zero-order valence-electron chi connectivity index (χ0n) is 23.2. The maximum atomic E-state index is 13.1. The number of unbranched alkanes of at least 4 members (excludes halogenated alkanes) is 1. The van der Waals surface area contributed by atoms with E-state index >= 15 is 0 Å². The molecule has 3 aromatic rings. The Morgan fingerprint density at radius 3 is 2.41 bits per heavy atom. The molecule has 0 spiro atoms. The van der Waals surface area contributed by atoms with E-state index in [2.05, 4.69) is 15.6 Å². The number of alkyl carbamates (subject to hydrolysis) is 1. The summed E-state index contributed by atoms with van der Waals surface area (Å²) in [6.45, 7) is 7.79. The van der Waals surface area contributed by atoms with Gasteiger partial charge in [0, 0.05) is 29.6 Å². The summed E-state index contributed by atoms with van der Waals surface area (Å²) >= 11 is 0. The van der Waals surface area contributed by atoms with Crippen molar-refractivity contribution in [3.8, 4) is 0 Å². The van der Waals surface area contributed by atoms with Gasteiger partial charge in [0.15, 0.2) is 0 Å². The normalized spacial score (nSPS) is 13.8. The molecule has 3 atom stereocenters. The number of rotatable bonds is 12. The molecule has 2 unspecified atom stereocenters. The van der Waals surface area contributed by atoms with Crippen LogP contribution in [0.2, 0.25) is 0 Å². The monoisotopic (exact) mass is 536 g/mol. The molecule has 0 aliphatic carbocycles. The third-order valence-corrected chi connectivity index (χ3v) is 6.36. The molecule has 0 aliphatic rings. The number of nitrogens with two attached hydrogens (primary N) is 1. The summed E-state index contributed by atoms with van der Waals surface area (Å²) in [6.07, 6.45) is 2.86. The van der Waals surface area contributed by atoms with E-state index in [0.29, 0.717) is 25.8 Å². The lowest BCUT2D eigenvalue weighted by Crippen LogP contribution is -2.51. The van der Waals surface area contributed by atoms with Crippen LogP contribution in [0.1, 0.15) is 64.0 Å². The van der Waals surface area contributed by atoms with Crippen LogP contribution in [0.4, 0.5) is 4.79 Å². The quantitative estimate of drug-likeness (QED) is 0.199. The first kappa shape index (κ1) is 29.7. The number of hydrogen-bond acceptors (Lipinski definition) is 6. The van der Waals surface area contributed by atoms with Crippen molar-refractivity contribution in [2.24, 2.45) is 5.73 Å². The highest BCUT2D eigenvalue weighted by Gasteiger charge is 2.30. The van der Waals surface area contributed by atoms with E-state index in [9.17, 15) is 14.4 Å². The van der Waals surface area contributed by atoms with E-state index in [0.717, 1.165) is 22.0 Å². The van der Waals surface area contributed by atoms with Crippen molar-refractivity contribution in [1.29, 1.82) is 0 Å². The molecule has 9 nitrogen and oxygen atoms in total. The van der Waals surface area contributed by atoms with Gasteiger partial charge in [0.25, 0.3) is 0 Å². The second-order valence-corrected chi connectivity index (χ2v) is 10.7. The summed E-state index contributed by atoms with van der Waals surface area (Å²) < 4.78 is 10.8. The molecule has 0 saturated carbocycles. The Morgan fingerprint density at radius 1 is 1.00 bits per heavy atom. The number of aromatic amines is 1. The lowest BCUT2D eigenvalue weighted by molar-refractivity contribution is -0.159. The Balaban J connectivity index is 1.51. The number of esters is 1. The molecule has 210 valence electrons. The molecule has 0 fully saturated rings. The number of H-pyrrole nitrogens is 1. The summed E-state index contributed by atoms with van der Waals surface area (Å²) in [4.78, 5) is 41.2. The first-order valence-electron chi connectivity index (χ1n) is 13.3. The van der Waals surface area contributed by atoms with Gasteiger partial charge < -0.3 is 30.8 Å². The maximum absolute atomic E-state index is 13.1. The molecule has 3 rings (SSSR count). The molecule has 5 N–H and O–H groups in total. The fourth-order valence-corrected chi connectivity index (χ4v) is 4.22. The minimum atomic E-state index is -0.866. The summed E-state index contributed by atoms with van der Waals surface area (Å²) in [5.74, 6) is -1.23. The van der Waals surface area contributed by atoms with Crippen molar-refractivity contribution in [2.45, 2.75) is 77.2 Å². The van der Waals surface area contributed by atoms with Crippen molar-refractivity contribution in [1.82, 2.24) is 15.6 Å². The number of aromatic nitrogens is 1. The molecule has 0 bridgehead atoms. The van der Waals surface area contributed by atoms with Gasteiger partial charge in [0.05, 0.1) is 6.04 Å². The predicted octanol–water partition coefficient (Wildman–Crippen LogP) is 4.52. The highest BCUT2D eigenvalue weighted by Crippen LogP contribution is 2.27. The van der Waals surface area contributed by atoms with Gasteiger partial charge in [-0.25, -0.2) is 9.59 Å². The Bertz CT molecular complexity index is 1230. The van der Waals surface area contributed by atoms with Crippen molar-refractivity contribution >= 4 is 28.9 Å². The molecule has 0 saturated heterocycles. The topological polar surface area (TPSA) is 136 Å². The van der Waals surface area contributed by atoms with Crippen LogP contribution >= 0.6 is 0 Å². The molecule has 1 heterocycles. The molecule has 2 aromatic carbocycles. The van der Waals surface area contributed by atoms with Gasteiger partial charge in [-0.05, 0) is 57.2 Å². The Morgan fingerprint density at radius 2 is 1.69 bits per heavy atom. The molecule has 1 aromatic heterocycles. The fraction of sp³-hybridized carbons (Fsp3) is 0.433. The van der Waals surface area contributed by atoms with E-state index in [-0.39, 0.29) is 12.5 Å². The minimum Gasteiger partial charge on any atom is -0.458 e. The van der Waals surface area contributed by atoms with Crippen LogP contribution in [-0.2, 0) is 25.7 Å². The SMILES string of the molecule is CC(c1c[nH]c2ccccc12)C(N)C(=O)N[C@@H](CCCCNC(=O)OCc1ccccc1)C(=O)OC(C)(C)C. The standard InChI is InChI=1S/C30H40N4O5/c1-20(23-18-33-24-15-9-8-14-22(23)24)26(31)27(35)34-25(28(36)39-30(2,3)4)16-10-11-17-32-29(37)38-19-21-12-6-5-7-13-21/h5-9,12-15,18,20,25-26,33H,10-11,16-17,19,31H2,1-4H3,(H,32,37)(H,34,35)/t20?,25-,26?/m0/s1. The zero-order valence-corrected chi connectivity index (χ0v) is 23.2. The fourth-order valence-electron chi connectivity index (χ4n) is 4.22. The highest BCUT2D eigenvalue weighted by molar-refractivity contribution is 5.90. The second kappa shape index (κ2) is 13.8. The molecule has 9 heteroatoms. The first-order valence-corrected chi connectivity index (χ1v) is 13.3. The second-order valence-electron chi connectivity index (χ2n) is 10.7. The van der Waals surface area contributed by atoms with E-state index in [4.69, 9.17) is 15.2 Å². The van der Waals surface area contributed by atoms with Gasteiger partial charge in [-0.15, -0.1) is 0 Å². The molecular formula is C30H40N4O5. The Hall–Kier alpha value is -3.85. The van der Waals surface area contributed by atoms with Gasteiger partial charge in [-0.2, -0.15) is 0 Å². The van der Waals surface area contributed by atoms with Gasteiger partial charge in [-0.1, -0.05) is 55.5 Å². The molecular weight excluding hydrogens is 496 g/mol. The van der Waals surface area contributed by atoms with Crippen LogP contribution in [0.3, 0.4) is 0 Å². The van der Waals surface area contributed by atoms with Crippen molar-refractivity contribution in [3.05, 3.63) is 71.9 Å². The van der Waals surface area contributed by atoms with Crippen LogP contribution < -0.4 is 16.4 Å². The number of fused-ring (bicyclic) bond motifs is 1. The average Bonchev–Trinajstić information content (AvgIpc) is 3.34. The van der Waals surface area contributed by atoms with Gasteiger partial charge in [0.1, 0.15) is 18.2 Å². The maximum Gasteiger partial charge on any atom is 0.407 e. The van der Waals surface area contributed by atoms with Crippen LogP contribution in [0.5, 0.6) is 0 Å². The number of nitrogens with one attached hydrogen (secondary N) is 3. The summed E-state index contributed by atoms with van der Waals surface area (Å²) in [5, 5.41) is 6.52. The first-order chi connectivity index (χ1) is 18.5. The van der Waals surface area contributed by atoms with Crippen LogP contribution in [0.25, 0.3) is 10.9 Å². The van der Waals surface area contributed by atoms with Gasteiger partial charge in [-0.3, -0.25) is 4.79 Å². The third-order valence-electron chi connectivity index (χ3n) is 6.36. The highest BCUT2D eigenvalue weighted by atomic mass is 16.6. The average molecular weight is 537 g/mol. The number of ether oxygens (including phenoxy) is 2. The number of carbonyl (C=O) groups is 3. The molecule has 2 amide bonds. The third kappa shape index (κ3) is 9.14. The van der Waals surface area contributed by atoms with Crippen molar-refractivity contribution in [2.75, 3.05) is 6.54 Å². The van der Waals surface area contributed by atoms with Crippen LogP contribution in [0, 0.1) is 0 Å². The van der Waals surface area contributed by atoms with Crippen molar-refractivity contribution in [3.63, 3.8) is 0 Å². The summed E-state index contributed by atoms with van der Waals surface area (Å²) in [6, 6.07) is 15.5. The van der Waals surface area contributed by atoms with Gasteiger partial charge in [0.2, 0.25) is 5.91 Å². The van der Waals surface area contributed by atoms with Crippen molar-refractivity contribution < 1.29 is 23.9 Å². The Labute approximate surface area is 229 Å². The van der Waals surface area contributed by atoms with E-state index in [1.807, 2.05) is 67.7 Å². The molecule has 0 radical (unpaired) electrons. The molecule has 39 heavy (non-hydrogen) atoms. The van der Waals surface area contributed by atoms with E-state index < -0.39 is 35.7 Å². The largest absolute Gasteiger partial charge is 0.458 e. The number of para-hydroxylation sites is 1. The zero-order chi connectivity index (χ0) is 28.4. The van der Waals surface area contributed by atoms with E-state index in [1.54, 1.807) is 20.8 Å². The number of hydrogen-bond donors (Lipinski definition) is 4. The van der Waals surface area contributed by atoms with Crippen LogP contribution in [0.15, 0.2) is 60.8 Å². The molecule has 0 aliphatic heterocycles. The smallest absolute Gasteiger partial charge is 0.407 e. The lowest BCUT2D eigenvalue weighted by atomic mass is 9.92. The lowest BCUT2D eigenvalue weighted by Gasteiger charge is -2.26. The Kier molecular flexibility index (Phi) is 10.5. The number of amides is 2. The number of benzene rings is 2. The summed E-state index contributed by atoms with van der Waals surface area (Å²) in [5.41, 5.74) is 8.46. The minimum absolute atomic E-state index is 0.191. The predicted molar refractivity (Wildman–Crippen MR) is 151 cm³/mol. The van der Waals surface area contributed by atoms with E-state index in [1.165, 1.54) is 0 Å².